The average molecular weight is 696 g/mol. The Balaban J connectivity index is 1.60. The summed E-state index contributed by atoms with van der Waals surface area (Å²) in [4.78, 5) is 48.0. The minimum absolute atomic E-state index is 0.0698. The molecule has 3 amide bonds. The van der Waals surface area contributed by atoms with E-state index in [0.29, 0.717) is 37.7 Å². The van der Waals surface area contributed by atoms with Gasteiger partial charge in [0.15, 0.2) is 0 Å². The molecule has 2 aromatic heterocycles. The molecule has 0 spiro atoms. The number of hydrogen-bond acceptors (Lipinski definition) is 9. The quantitative estimate of drug-likeness (QED) is 0.264. The zero-order valence-corrected chi connectivity index (χ0v) is 28.9. The number of rotatable bonds is 8. The summed E-state index contributed by atoms with van der Waals surface area (Å²) in [6.45, 7) is 12.6. The van der Waals surface area contributed by atoms with Gasteiger partial charge in [-0.05, 0) is 81.6 Å². The molecule has 3 heterocycles. The largest absolute Gasteiger partial charge is 0.444 e. The number of carbonyl (C=O) groups is 3. The van der Waals surface area contributed by atoms with E-state index in [4.69, 9.17) is 19.2 Å². The third kappa shape index (κ3) is 8.68. The Morgan fingerprint density at radius 3 is 2.44 bits per heavy atom. The van der Waals surface area contributed by atoms with Crippen LogP contribution in [-0.4, -0.2) is 77.4 Å². The third-order valence-electron chi connectivity index (χ3n) is 6.37. The lowest BCUT2D eigenvalue weighted by molar-refractivity contribution is -0.116. The predicted molar refractivity (Wildman–Crippen MR) is 174 cm³/mol. The fourth-order valence-corrected chi connectivity index (χ4v) is 7.47. The van der Waals surface area contributed by atoms with Gasteiger partial charge >= 0.3 is 12.2 Å². The number of carbonyl (C=O) groups excluding carboxylic acids is 3. The lowest BCUT2D eigenvalue weighted by Crippen LogP contribution is -2.40. The second-order valence-electron chi connectivity index (χ2n) is 12.2. The molecule has 4 rings (SSSR count). The number of fused-ring (bicyclic) bond motifs is 2. The molecule has 1 N–H and O–H groups in total. The maximum absolute atomic E-state index is 13.3. The molecule has 0 atom stereocenters. The molecule has 0 saturated carbocycles. The first-order valence-electron chi connectivity index (χ1n) is 14.1. The second-order valence-corrected chi connectivity index (χ2v) is 15.2. The van der Waals surface area contributed by atoms with Crippen molar-refractivity contribution in [2.24, 2.45) is 0 Å². The molecule has 0 unspecified atom stereocenters. The first-order chi connectivity index (χ1) is 20.1. The van der Waals surface area contributed by atoms with Crippen LogP contribution in [0.3, 0.4) is 0 Å². The Bertz CT molecular complexity index is 1490. The van der Waals surface area contributed by atoms with Gasteiger partial charge in [0.05, 0.1) is 23.4 Å². The lowest BCUT2D eigenvalue weighted by Gasteiger charge is -2.30. The zero-order valence-electron chi connectivity index (χ0n) is 25.7. The van der Waals surface area contributed by atoms with E-state index in [1.165, 1.54) is 16.2 Å². The number of thiophene rings is 1. The number of hydrogen-bond donors (Lipinski definition) is 1. The molecule has 0 saturated heterocycles. The molecule has 0 fully saturated rings. The van der Waals surface area contributed by atoms with Crippen LogP contribution in [0.25, 0.3) is 20.8 Å². The summed E-state index contributed by atoms with van der Waals surface area (Å²) in [5, 5.41) is 4.58. The standard InChI is InChI=1S/C30H39BrN4O6S2/c1-29(2,3)40-27(37)34(15-16-39-7)14-12-22(36)32-25-23(26-33-24-19(31)9-8-10-20(24)42-26)18-11-13-35(17-21(18)43-25)28(38)41-30(4,5)6/h8-10H,11-17H2,1-7H3,(H,32,36). The fourth-order valence-electron chi connectivity index (χ4n) is 4.47. The number of amides is 3. The van der Waals surface area contributed by atoms with E-state index in [1.54, 1.807) is 44.1 Å². The molecule has 0 bridgehead atoms. The molecule has 234 valence electrons. The van der Waals surface area contributed by atoms with E-state index in [0.717, 1.165) is 35.7 Å². The summed E-state index contributed by atoms with van der Waals surface area (Å²) in [6, 6.07) is 5.95. The van der Waals surface area contributed by atoms with Crippen LogP contribution in [0.2, 0.25) is 0 Å². The molecule has 43 heavy (non-hydrogen) atoms. The number of halogens is 1. The minimum Gasteiger partial charge on any atom is -0.444 e. The van der Waals surface area contributed by atoms with E-state index in [9.17, 15) is 14.4 Å². The number of anilines is 1. The molecule has 1 aromatic carbocycles. The molecule has 1 aliphatic rings. The molecular formula is C30H39BrN4O6S2. The van der Waals surface area contributed by atoms with Crippen LogP contribution in [-0.2, 0) is 32.0 Å². The number of thiazole rings is 1. The lowest BCUT2D eigenvalue weighted by atomic mass is 10.0. The summed E-state index contributed by atoms with van der Waals surface area (Å²) in [7, 11) is 1.56. The van der Waals surface area contributed by atoms with Crippen molar-refractivity contribution in [1.82, 2.24) is 14.8 Å². The van der Waals surface area contributed by atoms with Crippen LogP contribution in [0.4, 0.5) is 14.6 Å². The smallest absolute Gasteiger partial charge is 0.410 e. The maximum atomic E-state index is 13.3. The molecule has 13 heteroatoms. The normalized spacial score (nSPS) is 13.5. The van der Waals surface area contributed by atoms with Crippen molar-refractivity contribution in [3.63, 3.8) is 0 Å². The van der Waals surface area contributed by atoms with Crippen LogP contribution in [0.15, 0.2) is 22.7 Å². The Kier molecular flexibility index (Phi) is 10.4. The Hall–Kier alpha value is -2.74. The van der Waals surface area contributed by atoms with Gasteiger partial charge < -0.3 is 29.3 Å². The molecule has 1 aliphatic heterocycles. The molecule has 0 aliphatic carbocycles. The van der Waals surface area contributed by atoms with Crippen molar-refractivity contribution in [2.75, 3.05) is 38.7 Å². The Morgan fingerprint density at radius 2 is 1.79 bits per heavy atom. The van der Waals surface area contributed by atoms with Crippen molar-refractivity contribution in [3.8, 4) is 10.6 Å². The zero-order chi connectivity index (χ0) is 31.5. The van der Waals surface area contributed by atoms with Crippen LogP contribution in [0, 0.1) is 0 Å². The van der Waals surface area contributed by atoms with Crippen molar-refractivity contribution in [2.45, 2.75) is 72.1 Å². The average Bonchev–Trinajstić information content (AvgIpc) is 3.47. The summed E-state index contributed by atoms with van der Waals surface area (Å²) < 4.78 is 18.2. The van der Waals surface area contributed by atoms with Crippen LogP contribution < -0.4 is 5.32 Å². The summed E-state index contributed by atoms with van der Waals surface area (Å²) in [6.07, 6.45) is -0.176. The monoisotopic (exact) mass is 694 g/mol. The number of nitrogens with zero attached hydrogens (tertiary/aromatic N) is 3. The molecule has 0 radical (unpaired) electrons. The van der Waals surface area contributed by atoms with Crippen molar-refractivity contribution in [1.29, 1.82) is 0 Å². The van der Waals surface area contributed by atoms with Crippen molar-refractivity contribution >= 4 is 71.9 Å². The summed E-state index contributed by atoms with van der Waals surface area (Å²) >= 11 is 6.61. The summed E-state index contributed by atoms with van der Waals surface area (Å²) in [5.41, 5.74) is 1.56. The van der Waals surface area contributed by atoms with Gasteiger partial charge in [-0.15, -0.1) is 22.7 Å². The first-order valence-corrected chi connectivity index (χ1v) is 16.5. The van der Waals surface area contributed by atoms with Gasteiger partial charge in [0.25, 0.3) is 0 Å². The van der Waals surface area contributed by atoms with Gasteiger partial charge in [-0.3, -0.25) is 4.79 Å². The van der Waals surface area contributed by atoms with Crippen LogP contribution in [0.5, 0.6) is 0 Å². The van der Waals surface area contributed by atoms with Gasteiger partial charge in [-0.25, -0.2) is 14.6 Å². The number of ether oxygens (including phenoxy) is 3. The number of benzene rings is 1. The highest BCUT2D eigenvalue weighted by atomic mass is 79.9. The predicted octanol–water partition coefficient (Wildman–Crippen LogP) is 7.29. The fraction of sp³-hybridized carbons (Fsp3) is 0.533. The van der Waals surface area contributed by atoms with Crippen molar-refractivity contribution in [3.05, 3.63) is 33.1 Å². The molecular weight excluding hydrogens is 656 g/mol. The van der Waals surface area contributed by atoms with E-state index >= 15 is 0 Å². The number of aromatic nitrogens is 1. The number of para-hydroxylation sites is 1. The number of methoxy groups -OCH3 is 1. The van der Waals surface area contributed by atoms with E-state index < -0.39 is 17.3 Å². The molecule has 10 nitrogen and oxygen atoms in total. The van der Waals surface area contributed by atoms with Gasteiger partial charge in [-0.1, -0.05) is 6.07 Å². The second kappa shape index (κ2) is 13.5. The maximum Gasteiger partial charge on any atom is 0.410 e. The SMILES string of the molecule is COCCN(CCC(=O)Nc1sc2c(c1-c1nc3c(Br)cccc3s1)CCN(C(=O)OC(C)(C)C)C2)C(=O)OC(C)(C)C. The van der Waals surface area contributed by atoms with Gasteiger partial charge in [-0.2, -0.15) is 0 Å². The van der Waals surface area contributed by atoms with Crippen molar-refractivity contribution < 1.29 is 28.6 Å². The van der Waals surface area contributed by atoms with Crippen LogP contribution in [0.1, 0.15) is 58.4 Å². The Morgan fingerprint density at radius 1 is 1.07 bits per heavy atom. The van der Waals surface area contributed by atoms with E-state index in [-0.39, 0.29) is 25.0 Å². The van der Waals surface area contributed by atoms with E-state index in [2.05, 4.69) is 21.2 Å². The topological polar surface area (TPSA) is 110 Å². The first kappa shape index (κ1) is 33.2. The Labute approximate surface area is 268 Å². The highest BCUT2D eigenvalue weighted by Gasteiger charge is 2.32. The number of nitrogens with one attached hydrogen (secondary N) is 1. The highest BCUT2D eigenvalue weighted by Crippen LogP contribution is 2.46. The van der Waals surface area contributed by atoms with Gasteiger partial charge in [0, 0.05) is 48.1 Å². The highest BCUT2D eigenvalue weighted by molar-refractivity contribution is 9.10. The van der Waals surface area contributed by atoms with Crippen LogP contribution >= 0.6 is 38.6 Å². The van der Waals surface area contributed by atoms with E-state index in [1.807, 2.05) is 39.0 Å². The van der Waals surface area contributed by atoms with Gasteiger partial charge in [0.1, 0.15) is 21.2 Å². The summed E-state index contributed by atoms with van der Waals surface area (Å²) in [5.74, 6) is -0.239. The van der Waals surface area contributed by atoms with Gasteiger partial charge in [0.2, 0.25) is 5.91 Å². The minimum atomic E-state index is -0.658. The molecule has 3 aromatic rings. The third-order valence-corrected chi connectivity index (χ3v) is 9.18.